The number of Topliss-reactive ketones (excluding diaryl/α,β-unsaturated/α-hetero) is 1. The maximum absolute atomic E-state index is 14.1. The molecule has 0 amide bonds. The van der Waals surface area contributed by atoms with E-state index in [0.29, 0.717) is 41.6 Å². The zero-order valence-corrected chi connectivity index (χ0v) is 20.5. The van der Waals surface area contributed by atoms with Crippen LogP contribution >= 0.6 is 0 Å². The molecule has 0 unspecified atom stereocenters. The van der Waals surface area contributed by atoms with Crippen LogP contribution in [0.2, 0.25) is 0 Å². The average molecular weight is 490 g/mol. The standard InChI is InChI=1S/C28H28FN3O4/c1-19-25(22(33)15-28(24-12-6-7-13-30-24)17-35-27(2,3)36-18-28)32-14-8-11-23(26(32)31-19)34-16-20-9-4-5-10-21(20)29/h4-14H,15-18H2,1-3H3. The summed E-state index contributed by atoms with van der Waals surface area (Å²) in [6, 6.07) is 15.6. The molecule has 36 heavy (non-hydrogen) atoms. The fraction of sp³-hybridized carbons (Fsp3) is 0.321. The largest absolute Gasteiger partial charge is 0.485 e. The number of aromatic nitrogens is 3. The van der Waals surface area contributed by atoms with Crippen LogP contribution in [0.3, 0.4) is 0 Å². The van der Waals surface area contributed by atoms with Gasteiger partial charge in [-0.05, 0) is 51.1 Å². The lowest BCUT2D eigenvalue weighted by Gasteiger charge is -2.42. The molecule has 4 aromatic rings. The van der Waals surface area contributed by atoms with Crippen molar-refractivity contribution in [2.45, 2.75) is 45.0 Å². The molecule has 1 aliphatic heterocycles. The predicted molar refractivity (Wildman–Crippen MR) is 132 cm³/mol. The second-order valence-corrected chi connectivity index (χ2v) is 9.56. The summed E-state index contributed by atoms with van der Waals surface area (Å²) < 4.78 is 33.7. The van der Waals surface area contributed by atoms with E-state index in [1.54, 1.807) is 54.0 Å². The van der Waals surface area contributed by atoms with E-state index < -0.39 is 11.2 Å². The highest BCUT2D eigenvalue weighted by Crippen LogP contribution is 2.37. The number of rotatable bonds is 7. The molecule has 0 radical (unpaired) electrons. The minimum absolute atomic E-state index is 0.0504. The average Bonchev–Trinajstić information content (AvgIpc) is 3.22. The quantitative estimate of drug-likeness (QED) is 0.338. The molecule has 1 aromatic carbocycles. The van der Waals surface area contributed by atoms with Gasteiger partial charge in [-0.1, -0.05) is 24.3 Å². The molecule has 3 aromatic heterocycles. The summed E-state index contributed by atoms with van der Waals surface area (Å²) in [5, 5.41) is 0. The number of hydrogen-bond acceptors (Lipinski definition) is 6. The van der Waals surface area contributed by atoms with Gasteiger partial charge in [0.05, 0.1) is 30.0 Å². The number of hydrogen-bond donors (Lipinski definition) is 0. The summed E-state index contributed by atoms with van der Waals surface area (Å²) in [4.78, 5) is 23.0. The first kappa shape index (κ1) is 24.1. The molecule has 0 N–H and O–H groups in total. The normalized spacial score (nSPS) is 16.7. The van der Waals surface area contributed by atoms with Gasteiger partial charge in [0, 0.05) is 24.4 Å². The molecule has 0 saturated carbocycles. The monoisotopic (exact) mass is 489 g/mol. The lowest BCUT2D eigenvalue weighted by Crippen LogP contribution is -2.50. The van der Waals surface area contributed by atoms with Crippen molar-refractivity contribution in [3.05, 3.63) is 95.5 Å². The highest BCUT2D eigenvalue weighted by Gasteiger charge is 2.44. The maximum Gasteiger partial charge on any atom is 0.182 e. The van der Waals surface area contributed by atoms with Crippen molar-refractivity contribution in [1.82, 2.24) is 14.4 Å². The van der Waals surface area contributed by atoms with Crippen LogP contribution in [-0.2, 0) is 21.5 Å². The highest BCUT2D eigenvalue weighted by molar-refractivity contribution is 5.97. The lowest BCUT2D eigenvalue weighted by atomic mass is 9.79. The number of benzene rings is 1. The first-order valence-electron chi connectivity index (χ1n) is 11.8. The van der Waals surface area contributed by atoms with E-state index >= 15 is 0 Å². The molecular weight excluding hydrogens is 461 g/mol. The first-order chi connectivity index (χ1) is 17.3. The summed E-state index contributed by atoms with van der Waals surface area (Å²) in [5.41, 5.74) is 1.99. The Morgan fingerprint density at radius 3 is 2.56 bits per heavy atom. The Morgan fingerprint density at radius 1 is 1.08 bits per heavy atom. The van der Waals surface area contributed by atoms with Crippen LogP contribution in [0.15, 0.2) is 67.0 Å². The summed E-state index contributed by atoms with van der Waals surface area (Å²) >= 11 is 0. The van der Waals surface area contributed by atoms with Crippen LogP contribution in [0.1, 0.15) is 47.7 Å². The Hall–Kier alpha value is -3.62. The van der Waals surface area contributed by atoms with Crippen molar-refractivity contribution in [2.24, 2.45) is 0 Å². The second kappa shape index (κ2) is 9.44. The third-order valence-electron chi connectivity index (χ3n) is 6.49. The van der Waals surface area contributed by atoms with Crippen molar-refractivity contribution in [1.29, 1.82) is 0 Å². The van der Waals surface area contributed by atoms with E-state index in [2.05, 4.69) is 9.97 Å². The van der Waals surface area contributed by atoms with Gasteiger partial charge < -0.3 is 14.2 Å². The topological polar surface area (TPSA) is 75.0 Å². The molecule has 0 atom stereocenters. The molecule has 0 aliphatic carbocycles. The molecule has 4 heterocycles. The third kappa shape index (κ3) is 4.62. The van der Waals surface area contributed by atoms with E-state index in [1.807, 2.05) is 32.0 Å². The van der Waals surface area contributed by atoms with Crippen molar-refractivity contribution >= 4 is 11.4 Å². The molecule has 0 bridgehead atoms. The number of carbonyl (C=O) groups is 1. The maximum atomic E-state index is 14.1. The summed E-state index contributed by atoms with van der Waals surface area (Å²) in [7, 11) is 0. The summed E-state index contributed by atoms with van der Waals surface area (Å²) in [6.45, 7) is 6.16. The summed E-state index contributed by atoms with van der Waals surface area (Å²) in [5.74, 6) is -0.706. The van der Waals surface area contributed by atoms with Crippen LogP contribution in [0, 0.1) is 12.7 Å². The predicted octanol–water partition coefficient (Wildman–Crippen LogP) is 5.05. The zero-order valence-electron chi connectivity index (χ0n) is 20.5. The Kier molecular flexibility index (Phi) is 6.32. The van der Waals surface area contributed by atoms with E-state index in [4.69, 9.17) is 14.2 Å². The number of ether oxygens (including phenoxy) is 3. The highest BCUT2D eigenvalue weighted by atomic mass is 19.1. The number of aryl methyl sites for hydroxylation is 1. The van der Waals surface area contributed by atoms with Gasteiger partial charge >= 0.3 is 0 Å². The molecule has 8 heteroatoms. The lowest BCUT2D eigenvalue weighted by molar-refractivity contribution is -0.269. The zero-order chi connectivity index (χ0) is 25.3. The Morgan fingerprint density at radius 2 is 1.83 bits per heavy atom. The fourth-order valence-corrected chi connectivity index (χ4v) is 4.49. The number of imidazole rings is 1. The fourth-order valence-electron chi connectivity index (χ4n) is 4.49. The van der Waals surface area contributed by atoms with Gasteiger partial charge in [-0.3, -0.25) is 14.2 Å². The minimum atomic E-state index is -0.733. The number of pyridine rings is 2. The molecular formula is C28H28FN3O4. The first-order valence-corrected chi connectivity index (χ1v) is 11.8. The van der Waals surface area contributed by atoms with Crippen LogP contribution in [0.5, 0.6) is 5.75 Å². The van der Waals surface area contributed by atoms with Crippen LogP contribution < -0.4 is 4.74 Å². The molecule has 0 spiro atoms. The number of carbonyl (C=O) groups excluding carboxylic acids is 1. The third-order valence-corrected chi connectivity index (χ3v) is 6.49. The van der Waals surface area contributed by atoms with Gasteiger partial charge in [0.25, 0.3) is 0 Å². The number of fused-ring (bicyclic) bond motifs is 1. The Balaban J connectivity index is 1.45. The van der Waals surface area contributed by atoms with Crippen molar-refractivity contribution in [2.75, 3.05) is 13.2 Å². The number of nitrogens with zero attached hydrogens (tertiary/aromatic N) is 3. The van der Waals surface area contributed by atoms with Gasteiger partial charge in [-0.2, -0.15) is 0 Å². The van der Waals surface area contributed by atoms with Crippen LogP contribution in [0.4, 0.5) is 4.39 Å². The van der Waals surface area contributed by atoms with Gasteiger partial charge in [-0.15, -0.1) is 0 Å². The van der Waals surface area contributed by atoms with Gasteiger partial charge in [-0.25, -0.2) is 9.37 Å². The van der Waals surface area contributed by atoms with E-state index in [9.17, 15) is 9.18 Å². The Labute approximate surface area is 208 Å². The van der Waals surface area contributed by atoms with E-state index in [1.165, 1.54) is 6.07 Å². The second-order valence-electron chi connectivity index (χ2n) is 9.56. The Bertz CT molecular complexity index is 1390. The van der Waals surface area contributed by atoms with Crippen LogP contribution in [-0.4, -0.2) is 39.2 Å². The summed E-state index contributed by atoms with van der Waals surface area (Å²) in [6.07, 6.45) is 3.62. The van der Waals surface area contributed by atoms with Gasteiger partial charge in [0.15, 0.2) is 23.0 Å². The molecule has 7 nitrogen and oxygen atoms in total. The molecule has 1 saturated heterocycles. The van der Waals surface area contributed by atoms with Gasteiger partial charge in [0.2, 0.25) is 0 Å². The van der Waals surface area contributed by atoms with Crippen molar-refractivity contribution in [3.8, 4) is 5.75 Å². The number of halogens is 1. The SMILES string of the molecule is Cc1nc2c(OCc3ccccc3F)cccn2c1C(=O)CC1(c2ccccn2)COC(C)(C)OC1. The van der Waals surface area contributed by atoms with Crippen molar-refractivity contribution < 1.29 is 23.4 Å². The molecule has 1 aliphatic rings. The smallest absolute Gasteiger partial charge is 0.182 e. The van der Waals surface area contributed by atoms with E-state index in [-0.39, 0.29) is 24.6 Å². The van der Waals surface area contributed by atoms with Crippen LogP contribution in [0.25, 0.3) is 5.65 Å². The number of ketones is 1. The minimum Gasteiger partial charge on any atom is -0.485 e. The van der Waals surface area contributed by atoms with E-state index in [0.717, 1.165) is 5.69 Å². The molecule has 186 valence electrons. The molecule has 1 fully saturated rings. The van der Waals surface area contributed by atoms with Crippen molar-refractivity contribution in [3.63, 3.8) is 0 Å². The molecule has 5 rings (SSSR count). The van der Waals surface area contributed by atoms with Gasteiger partial charge in [0.1, 0.15) is 18.1 Å².